The lowest BCUT2D eigenvalue weighted by atomic mass is 10.1. The molecule has 0 unspecified atom stereocenters. The average Bonchev–Trinajstić information content (AvgIpc) is 2.32. The third kappa shape index (κ3) is 1.90. The van der Waals surface area contributed by atoms with Crippen molar-refractivity contribution >= 4 is 16.6 Å². The van der Waals surface area contributed by atoms with Crippen LogP contribution in [0.3, 0.4) is 0 Å². The Kier molecular flexibility index (Phi) is 2.87. The number of nitrogens with zero attached hydrogens (tertiary/aromatic N) is 1. The lowest BCUT2D eigenvalue weighted by molar-refractivity contribution is 0.146. The number of aromatic nitrogens is 1. The van der Waals surface area contributed by atoms with Crippen molar-refractivity contribution in [2.75, 3.05) is 12.4 Å². The summed E-state index contributed by atoms with van der Waals surface area (Å²) < 4.78 is 51.5. The molecule has 0 amide bonds. The molecule has 2 rings (SSSR count). The van der Waals surface area contributed by atoms with Gasteiger partial charge in [0.25, 0.3) is 6.43 Å². The fraction of sp³-hybridized carbons (Fsp3) is 0.182. The monoisotopic (exact) mass is 244 g/mol. The highest BCUT2D eigenvalue weighted by molar-refractivity contribution is 5.91. The molecular formula is C11H8F4N2. The van der Waals surface area contributed by atoms with Crippen molar-refractivity contribution < 1.29 is 17.6 Å². The zero-order valence-electron chi connectivity index (χ0n) is 8.77. The van der Waals surface area contributed by atoms with E-state index in [1.54, 1.807) is 0 Å². The van der Waals surface area contributed by atoms with Gasteiger partial charge in [-0.25, -0.2) is 22.5 Å². The zero-order chi connectivity index (χ0) is 12.6. The molecule has 0 saturated carbocycles. The quantitative estimate of drug-likeness (QED) is 0.818. The van der Waals surface area contributed by atoms with Crippen LogP contribution in [0.25, 0.3) is 10.9 Å². The summed E-state index contributed by atoms with van der Waals surface area (Å²) in [5.41, 5.74) is -0.706. The van der Waals surface area contributed by atoms with Crippen molar-refractivity contribution in [1.82, 2.24) is 4.98 Å². The number of alkyl halides is 2. The van der Waals surface area contributed by atoms with Gasteiger partial charge in [0.05, 0.1) is 0 Å². The van der Waals surface area contributed by atoms with Crippen LogP contribution in [0.4, 0.5) is 23.2 Å². The molecule has 1 N–H and O–H groups in total. The lowest BCUT2D eigenvalue weighted by Crippen LogP contribution is -1.99. The van der Waals surface area contributed by atoms with Crippen molar-refractivity contribution in [2.45, 2.75) is 6.43 Å². The number of rotatable bonds is 2. The van der Waals surface area contributed by atoms with Crippen LogP contribution in [-0.4, -0.2) is 12.0 Å². The first kappa shape index (κ1) is 11.6. The maximum atomic E-state index is 13.4. The number of hydrogen-bond donors (Lipinski definition) is 1. The maximum absolute atomic E-state index is 13.4. The second kappa shape index (κ2) is 4.20. The molecule has 0 aliphatic heterocycles. The molecule has 0 fully saturated rings. The fourth-order valence-corrected chi connectivity index (χ4v) is 1.57. The Bertz CT molecular complexity index is 569. The number of pyridine rings is 1. The molecule has 90 valence electrons. The van der Waals surface area contributed by atoms with Crippen LogP contribution in [0.5, 0.6) is 0 Å². The first-order valence-electron chi connectivity index (χ1n) is 4.79. The van der Waals surface area contributed by atoms with Gasteiger partial charge in [-0.3, -0.25) is 0 Å². The first-order valence-corrected chi connectivity index (χ1v) is 4.79. The van der Waals surface area contributed by atoms with Crippen LogP contribution in [0.15, 0.2) is 18.2 Å². The summed E-state index contributed by atoms with van der Waals surface area (Å²) in [5.74, 6) is -2.33. The van der Waals surface area contributed by atoms with E-state index in [9.17, 15) is 17.6 Å². The Morgan fingerprint density at radius 3 is 2.53 bits per heavy atom. The van der Waals surface area contributed by atoms with Gasteiger partial charge < -0.3 is 5.32 Å². The molecule has 1 aromatic heterocycles. The topological polar surface area (TPSA) is 24.9 Å². The number of hydrogen-bond acceptors (Lipinski definition) is 2. The molecule has 2 aromatic rings. The number of nitrogens with one attached hydrogen (secondary N) is 1. The van der Waals surface area contributed by atoms with E-state index < -0.39 is 29.3 Å². The standard InChI is InChI=1S/C11H8F4N2/c1-16-7-4-8(11(14)15)17-10-5(7)2-3-6(12)9(10)13/h2-4,11H,1H3,(H,16,17). The Hall–Kier alpha value is -1.85. The molecular weight excluding hydrogens is 236 g/mol. The number of anilines is 1. The maximum Gasteiger partial charge on any atom is 0.280 e. The Morgan fingerprint density at radius 1 is 1.24 bits per heavy atom. The van der Waals surface area contributed by atoms with Crippen LogP contribution in [-0.2, 0) is 0 Å². The SMILES string of the molecule is CNc1cc(C(F)F)nc2c(F)c(F)ccc12. The predicted molar refractivity (Wildman–Crippen MR) is 56.2 cm³/mol. The zero-order valence-corrected chi connectivity index (χ0v) is 8.77. The molecule has 2 nitrogen and oxygen atoms in total. The largest absolute Gasteiger partial charge is 0.388 e. The minimum atomic E-state index is -2.84. The van der Waals surface area contributed by atoms with Crippen LogP contribution >= 0.6 is 0 Å². The molecule has 0 atom stereocenters. The normalized spacial score (nSPS) is 11.2. The Balaban J connectivity index is 2.83. The summed E-state index contributed by atoms with van der Waals surface area (Å²) in [6, 6.07) is 3.34. The van der Waals surface area contributed by atoms with Crippen molar-refractivity contribution in [3.05, 3.63) is 35.5 Å². The highest BCUT2D eigenvalue weighted by atomic mass is 19.3. The predicted octanol–water partition coefficient (Wildman–Crippen LogP) is 3.49. The van der Waals surface area contributed by atoms with E-state index in [1.165, 1.54) is 13.1 Å². The van der Waals surface area contributed by atoms with Crippen LogP contribution in [0.2, 0.25) is 0 Å². The number of fused-ring (bicyclic) bond motifs is 1. The van der Waals surface area contributed by atoms with Gasteiger partial charge in [0, 0.05) is 18.1 Å². The summed E-state index contributed by atoms with van der Waals surface area (Å²) in [4.78, 5) is 3.44. The number of halogens is 4. The van der Waals surface area contributed by atoms with E-state index in [0.29, 0.717) is 0 Å². The smallest absolute Gasteiger partial charge is 0.280 e. The minimum Gasteiger partial charge on any atom is -0.388 e. The third-order valence-corrected chi connectivity index (χ3v) is 2.39. The van der Waals surface area contributed by atoms with Gasteiger partial charge in [0.15, 0.2) is 11.6 Å². The van der Waals surface area contributed by atoms with Crippen LogP contribution < -0.4 is 5.32 Å². The van der Waals surface area contributed by atoms with Crippen molar-refractivity contribution in [3.8, 4) is 0 Å². The molecule has 17 heavy (non-hydrogen) atoms. The third-order valence-electron chi connectivity index (χ3n) is 2.39. The van der Waals surface area contributed by atoms with Crippen molar-refractivity contribution in [3.63, 3.8) is 0 Å². The van der Waals surface area contributed by atoms with E-state index >= 15 is 0 Å². The Morgan fingerprint density at radius 2 is 1.94 bits per heavy atom. The highest BCUT2D eigenvalue weighted by Gasteiger charge is 2.16. The van der Waals surface area contributed by atoms with E-state index in [1.807, 2.05) is 0 Å². The van der Waals surface area contributed by atoms with Crippen LogP contribution in [0.1, 0.15) is 12.1 Å². The molecule has 0 bridgehead atoms. The highest BCUT2D eigenvalue weighted by Crippen LogP contribution is 2.29. The molecule has 6 heteroatoms. The summed E-state index contributed by atoms with van der Waals surface area (Å²) in [7, 11) is 1.51. The van der Waals surface area contributed by atoms with Gasteiger partial charge in [-0.1, -0.05) is 0 Å². The van der Waals surface area contributed by atoms with Crippen molar-refractivity contribution in [1.29, 1.82) is 0 Å². The molecule has 0 radical (unpaired) electrons. The van der Waals surface area contributed by atoms with Crippen molar-refractivity contribution in [2.24, 2.45) is 0 Å². The fourth-order valence-electron chi connectivity index (χ4n) is 1.57. The second-order valence-electron chi connectivity index (χ2n) is 3.40. The average molecular weight is 244 g/mol. The second-order valence-corrected chi connectivity index (χ2v) is 3.40. The molecule has 0 aliphatic carbocycles. The number of benzene rings is 1. The van der Waals surface area contributed by atoms with Crippen LogP contribution in [0, 0.1) is 11.6 Å². The van der Waals surface area contributed by atoms with E-state index in [2.05, 4.69) is 10.3 Å². The summed E-state index contributed by atoms with van der Waals surface area (Å²) >= 11 is 0. The van der Waals surface area contributed by atoms with E-state index in [-0.39, 0.29) is 11.1 Å². The molecule has 0 spiro atoms. The molecule has 1 aromatic carbocycles. The van der Waals surface area contributed by atoms with Gasteiger partial charge in [-0.15, -0.1) is 0 Å². The van der Waals surface area contributed by atoms with Gasteiger partial charge in [-0.05, 0) is 18.2 Å². The van der Waals surface area contributed by atoms with Gasteiger partial charge in [0.2, 0.25) is 0 Å². The Labute approximate surface area is 94.3 Å². The lowest BCUT2D eigenvalue weighted by Gasteiger charge is -2.09. The van der Waals surface area contributed by atoms with Gasteiger partial charge in [0.1, 0.15) is 11.2 Å². The first-order chi connectivity index (χ1) is 8.04. The molecule has 0 saturated heterocycles. The molecule has 0 aliphatic rings. The van der Waals surface area contributed by atoms with Gasteiger partial charge in [-0.2, -0.15) is 0 Å². The van der Waals surface area contributed by atoms with E-state index in [4.69, 9.17) is 0 Å². The summed E-state index contributed by atoms with van der Waals surface area (Å²) in [6.45, 7) is 0. The summed E-state index contributed by atoms with van der Waals surface area (Å²) in [6.07, 6.45) is -2.84. The molecule has 1 heterocycles. The summed E-state index contributed by atoms with van der Waals surface area (Å²) in [5, 5.41) is 2.91. The van der Waals surface area contributed by atoms with E-state index in [0.717, 1.165) is 12.1 Å². The van der Waals surface area contributed by atoms with Gasteiger partial charge >= 0.3 is 0 Å². The minimum absolute atomic E-state index is 0.260.